The van der Waals surface area contributed by atoms with E-state index in [0.29, 0.717) is 18.9 Å². The van der Waals surface area contributed by atoms with Gasteiger partial charge in [-0.1, -0.05) is 0 Å². The van der Waals surface area contributed by atoms with Gasteiger partial charge in [0.05, 0.1) is 6.54 Å². The molecule has 3 heterocycles. The van der Waals surface area contributed by atoms with E-state index in [9.17, 15) is 9.59 Å². The van der Waals surface area contributed by atoms with E-state index < -0.39 is 5.91 Å². The van der Waals surface area contributed by atoms with E-state index in [1.54, 1.807) is 4.90 Å². The average molecular weight is 332 g/mol. The minimum absolute atomic E-state index is 0.0198. The first kappa shape index (κ1) is 16.5. The Balaban J connectivity index is 1.67. The Kier molecular flexibility index (Phi) is 4.29. The molecule has 130 valence electrons. The molecule has 3 rings (SSSR count). The van der Waals surface area contributed by atoms with Crippen molar-refractivity contribution < 1.29 is 9.59 Å². The number of piperidine rings is 2. The van der Waals surface area contributed by atoms with E-state index in [0.717, 1.165) is 43.9 Å². The highest BCUT2D eigenvalue weighted by Crippen LogP contribution is 2.40. The Morgan fingerprint density at radius 3 is 2.62 bits per heavy atom. The molecular formula is C16H24N6O2. The van der Waals surface area contributed by atoms with Crippen LogP contribution < -0.4 is 16.4 Å². The number of aryl methyl sites for hydroxylation is 1. The first-order valence-corrected chi connectivity index (χ1v) is 8.29. The van der Waals surface area contributed by atoms with Crippen LogP contribution in [0, 0.1) is 12.3 Å². The van der Waals surface area contributed by atoms with Crippen LogP contribution in [0.15, 0.2) is 6.07 Å². The number of amides is 2. The van der Waals surface area contributed by atoms with Gasteiger partial charge in [-0.15, -0.1) is 0 Å². The Morgan fingerprint density at radius 2 is 2.00 bits per heavy atom. The van der Waals surface area contributed by atoms with E-state index in [2.05, 4.69) is 14.9 Å². The topological polar surface area (TPSA) is 118 Å². The Morgan fingerprint density at radius 1 is 1.29 bits per heavy atom. The van der Waals surface area contributed by atoms with Crippen molar-refractivity contribution >= 4 is 23.6 Å². The zero-order valence-corrected chi connectivity index (χ0v) is 14.0. The number of anilines is 2. The molecule has 2 fully saturated rings. The van der Waals surface area contributed by atoms with Gasteiger partial charge in [-0.3, -0.25) is 9.59 Å². The molecule has 0 atom stereocenters. The van der Waals surface area contributed by atoms with E-state index >= 15 is 0 Å². The van der Waals surface area contributed by atoms with Gasteiger partial charge in [-0.25, -0.2) is 4.98 Å². The SMILES string of the molecule is Cc1cc(N2CCC3(CCC(=O)N(CC(N)=O)C3)CC2)nc(N)n1. The van der Waals surface area contributed by atoms with Gasteiger partial charge in [0.2, 0.25) is 17.8 Å². The van der Waals surface area contributed by atoms with Crippen LogP contribution in [0.4, 0.5) is 11.8 Å². The highest BCUT2D eigenvalue weighted by atomic mass is 16.2. The van der Waals surface area contributed by atoms with Crippen LogP contribution in [-0.2, 0) is 9.59 Å². The van der Waals surface area contributed by atoms with Crippen LogP contribution in [0.5, 0.6) is 0 Å². The third-order valence-electron chi connectivity index (χ3n) is 5.10. The van der Waals surface area contributed by atoms with E-state index in [1.165, 1.54) is 0 Å². The van der Waals surface area contributed by atoms with Crippen LogP contribution in [0.25, 0.3) is 0 Å². The normalized spacial score (nSPS) is 20.5. The molecule has 0 radical (unpaired) electrons. The molecule has 2 amide bonds. The standard InChI is InChI=1S/C16H24N6O2/c1-11-8-13(20-15(18)19-11)21-6-4-16(5-7-21)3-2-14(24)22(10-16)9-12(17)23/h8H,2-7,9-10H2,1H3,(H2,17,23)(H2,18,19,20). The number of hydrogen-bond donors (Lipinski definition) is 2. The molecule has 0 saturated carbocycles. The molecule has 1 aromatic rings. The summed E-state index contributed by atoms with van der Waals surface area (Å²) in [5.41, 5.74) is 11.9. The second-order valence-corrected chi connectivity index (χ2v) is 6.93. The molecule has 2 aliphatic heterocycles. The number of carbonyl (C=O) groups excluding carboxylic acids is 2. The van der Waals surface area contributed by atoms with Gasteiger partial charge in [0, 0.05) is 37.8 Å². The van der Waals surface area contributed by atoms with Crippen molar-refractivity contribution in [1.29, 1.82) is 0 Å². The van der Waals surface area contributed by atoms with Gasteiger partial charge in [0.1, 0.15) is 5.82 Å². The van der Waals surface area contributed by atoms with Gasteiger partial charge in [0.25, 0.3) is 0 Å². The van der Waals surface area contributed by atoms with Crippen molar-refractivity contribution in [3.05, 3.63) is 11.8 Å². The van der Waals surface area contributed by atoms with Crippen molar-refractivity contribution in [3.63, 3.8) is 0 Å². The number of hydrogen-bond acceptors (Lipinski definition) is 6. The lowest BCUT2D eigenvalue weighted by Crippen LogP contribution is -2.53. The summed E-state index contributed by atoms with van der Waals surface area (Å²) in [5, 5.41) is 0. The number of aromatic nitrogens is 2. The molecule has 8 nitrogen and oxygen atoms in total. The number of likely N-dealkylation sites (tertiary alicyclic amines) is 1. The zero-order chi connectivity index (χ0) is 17.3. The maximum Gasteiger partial charge on any atom is 0.237 e. The second kappa shape index (κ2) is 6.26. The lowest BCUT2D eigenvalue weighted by Gasteiger charge is -2.47. The first-order chi connectivity index (χ1) is 11.4. The largest absolute Gasteiger partial charge is 0.368 e. The summed E-state index contributed by atoms with van der Waals surface area (Å²) in [6, 6.07) is 1.94. The quantitative estimate of drug-likeness (QED) is 0.808. The summed E-state index contributed by atoms with van der Waals surface area (Å²) in [5.74, 6) is 0.725. The molecule has 2 aliphatic rings. The van der Waals surface area contributed by atoms with Gasteiger partial charge < -0.3 is 21.3 Å². The fourth-order valence-electron chi connectivity index (χ4n) is 3.79. The number of nitrogens with two attached hydrogens (primary N) is 2. The maximum absolute atomic E-state index is 12.0. The van der Waals surface area contributed by atoms with E-state index in [1.807, 2.05) is 13.0 Å². The van der Waals surface area contributed by atoms with Crippen molar-refractivity contribution in [2.75, 3.05) is 36.8 Å². The number of carbonyl (C=O) groups is 2. The molecule has 1 spiro atoms. The summed E-state index contributed by atoms with van der Waals surface area (Å²) < 4.78 is 0. The second-order valence-electron chi connectivity index (χ2n) is 6.93. The molecule has 0 aliphatic carbocycles. The summed E-state index contributed by atoms with van der Waals surface area (Å²) in [6.07, 6.45) is 3.28. The van der Waals surface area contributed by atoms with Gasteiger partial charge in [0.15, 0.2) is 0 Å². The van der Waals surface area contributed by atoms with Crippen LogP contribution in [0.1, 0.15) is 31.4 Å². The maximum atomic E-state index is 12.0. The summed E-state index contributed by atoms with van der Waals surface area (Å²) in [4.78, 5) is 35.4. The monoisotopic (exact) mass is 332 g/mol. The van der Waals surface area contributed by atoms with Crippen LogP contribution in [0.3, 0.4) is 0 Å². The summed E-state index contributed by atoms with van der Waals surface area (Å²) >= 11 is 0. The minimum atomic E-state index is -0.454. The van der Waals surface area contributed by atoms with Crippen molar-refractivity contribution in [2.24, 2.45) is 11.1 Å². The van der Waals surface area contributed by atoms with Crippen LogP contribution >= 0.6 is 0 Å². The number of nitrogen functional groups attached to an aromatic ring is 1. The highest BCUT2D eigenvalue weighted by molar-refractivity contribution is 5.84. The Bertz CT molecular complexity index is 634. The average Bonchev–Trinajstić information content (AvgIpc) is 2.50. The first-order valence-electron chi connectivity index (χ1n) is 8.29. The lowest BCUT2D eigenvalue weighted by molar-refractivity contribution is -0.141. The molecule has 4 N–H and O–H groups in total. The van der Waals surface area contributed by atoms with Crippen LogP contribution in [-0.4, -0.2) is 52.9 Å². The number of nitrogens with zero attached hydrogens (tertiary/aromatic N) is 4. The summed E-state index contributed by atoms with van der Waals surface area (Å²) in [7, 11) is 0. The fraction of sp³-hybridized carbons (Fsp3) is 0.625. The van der Waals surface area contributed by atoms with Gasteiger partial charge in [-0.05, 0) is 31.6 Å². The third-order valence-corrected chi connectivity index (χ3v) is 5.10. The van der Waals surface area contributed by atoms with Gasteiger partial charge >= 0.3 is 0 Å². The van der Waals surface area contributed by atoms with Crippen molar-refractivity contribution in [1.82, 2.24) is 14.9 Å². The number of rotatable bonds is 3. The summed E-state index contributed by atoms with van der Waals surface area (Å²) in [6.45, 7) is 4.25. The molecule has 1 aromatic heterocycles. The smallest absolute Gasteiger partial charge is 0.237 e. The van der Waals surface area contributed by atoms with E-state index in [4.69, 9.17) is 11.5 Å². The molecule has 2 saturated heterocycles. The number of primary amides is 1. The molecule has 24 heavy (non-hydrogen) atoms. The molecule has 8 heteroatoms. The Labute approximate surface area is 141 Å². The van der Waals surface area contributed by atoms with Gasteiger partial charge in [-0.2, -0.15) is 4.98 Å². The highest BCUT2D eigenvalue weighted by Gasteiger charge is 2.41. The van der Waals surface area contributed by atoms with Crippen molar-refractivity contribution in [3.8, 4) is 0 Å². The third kappa shape index (κ3) is 3.42. The predicted octanol–water partition coefficient (Wildman–Crippen LogP) is 0.0615. The molecular weight excluding hydrogens is 308 g/mol. The fourth-order valence-corrected chi connectivity index (χ4v) is 3.79. The molecule has 0 unspecified atom stereocenters. The minimum Gasteiger partial charge on any atom is -0.368 e. The van der Waals surface area contributed by atoms with E-state index in [-0.39, 0.29) is 17.9 Å². The predicted molar refractivity (Wildman–Crippen MR) is 90.1 cm³/mol. The lowest BCUT2D eigenvalue weighted by atomic mass is 9.72. The molecule has 0 aromatic carbocycles. The zero-order valence-electron chi connectivity index (χ0n) is 14.0. The van der Waals surface area contributed by atoms with Crippen LogP contribution in [0.2, 0.25) is 0 Å². The molecule has 0 bridgehead atoms. The van der Waals surface area contributed by atoms with Crippen molar-refractivity contribution in [2.45, 2.75) is 32.6 Å². The Hall–Kier alpha value is -2.38.